The Morgan fingerprint density at radius 1 is 0.486 bits per heavy atom. The summed E-state index contributed by atoms with van der Waals surface area (Å²) in [6.45, 7) is 6.59. The van der Waals surface area contributed by atoms with E-state index in [1.807, 2.05) is 33.3 Å². The molecule has 0 aliphatic carbocycles. The van der Waals surface area contributed by atoms with E-state index in [2.05, 4.69) is 111 Å². The third-order valence-corrected chi connectivity index (χ3v) is 13.7. The van der Waals surface area contributed by atoms with Gasteiger partial charge in [-0.2, -0.15) is 0 Å². The first-order valence-corrected chi connectivity index (χ1v) is 31.5. The maximum absolute atomic E-state index is 13.5. The number of esters is 1. The van der Waals surface area contributed by atoms with Gasteiger partial charge in [-0.25, -0.2) is 0 Å². The van der Waals surface area contributed by atoms with Crippen molar-refractivity contribution < 1.29 is 37.3 Å². The lowest BCUT2D eigenvalue weighted by Gasteiger charge is -2.30. The fourth-order valence-electron chi connectivity index (χ4n) is 8.17. The number of likely N-dealkylation sites (N-methyl/N-ethyl adjacent to an activating group) is 1. The molecule has 3 unspecified atom stereocenters. The topological polar surface area (TPSA) is 114 Å². The summed E-state index contributed by atoms with van der Waals surface area (Å²) in [4.78, 5) is 39.9. The zero-order valence-electron chi connectivity index (χ0n) is 48.5. The minimum atomic E-state index is -4.71. The monoisotopic (exact) mass is 1050 g/mol. The molecule has 3 atom stereocenters. The molecule has 426 valence electrons. The zero-order valence-corrected chi connectivity index (χ0v) is 49.4. The lowest BCUT2D eigenvalue weighted by Crippen LogP contribution is -2.47. The molecular formula is C64H113N2O7P. The number of hydrogen-bond acceptors (Lipinski definition) is 7. The van der Waals surface area contributed by atoms with Crippen molar-refractivity contribution in [3.8, 4) is 0 Å². The Hall–Kier alpha value is -3.07. The van der Waals surface area contributed by atoms with Crippen molar-refractivity contribution in [3.63, 3.8) is 0 Å². The fourth-order valence-corrected chi connectivity index (χ4v) is 8.90. The molecule has 0 aliphatic rings. The van der Waals surface area contributed by atoms with Crippen LogP contribution in [-0.4, -0.2) is 69.4 Å². The second kappa shape index (κ2) is 53.3. The Kier molecular flexibility index (Phi) is 51.1. The van der Waals surface area contributed by atoms with Crippen LogP contribution in [0.1, 0.15) is 245 Å². The molecule has 0 aromatic heterocycles. The average molecular weight is 1050 g/mol. The highest BCUT2D eigenvalue weighted by atomic mass is 31.2. The van der Waals surface area contributed by atoms with Gasteiger partial charge in [-0.1, -0.05) is 227 Å². The number of carbonyl (C=O) groups excluding carboxylic acids is 2. The van der Waals surface area contributed by atoms with Gasteiger partial charge in [0.25, 0.3) is 7.82 Å². The van der Waals surface area contributed by atoms with Crippen LogP contribution in [0.3, 0.4) is 0 Å². The smallest absolute Gasteiger partial charge is 0.306 e. The molecular weight excluding hydrogens is 940 g/mol. The first kappa shape index (κ1) is 70.9. The highest BCUT2D eigenvalue weighted by Gasteiger charge is 2.27. The highest BCUT2D eigenvalue weighted by molar-refractivity contribution is 7.45. The number of ether oxygens (including phenoxy) is 1. The molecule has 74 heavy (non-hydrogen) atoms. The van der Waals surface area contributed by atoms with Crippen LogP contribution in [0.15, 0.2) is 97.2 Å². The quantitative estimate of drug-likeness (QED) is 0.0212. The molecule has 0 aromatic rings. The summed E-state index contributed by atoms with van der Waals surface area (Å²) in [5.74, 6) is -0.577. The standard InChI is InChI=1S/C64H113N2O7P/c1-7-10-13-16-19-22-25-28-30-31-32-33-34-35-36-38-41-44-47-50-53-56-63(67)65-61(60-72-74(69,70)71-59-58-66(4,5)6)62(55-52-49-46-43-40-37-27-24-21-18-15-12-9-3)73-64(68)57-54-51-48-45-42-39-29-26-23-20-17-14-11-8-2/h10-11,13-14,19-20,22-23,28,30,32-33,35-36,52,55,61-62H,7-9,12,15-18,21,24-27,29,31,34,37-51,53-54,56-60H2,1-6H3,(H-,65,67,69,70)/b13-10-,14-11+,22-19-,23-20+,30-28-,33-32-,36-35-,55-52-. The van der Waals surface area contributed by atoms with Crippen molar-refractivity contribution in [2.75, 3.05) is 40.9 Å². The number of nitrogens with one attached hydrogen (secondary N) is 1. The summed E-state index contributed by atoms with van der Waals surface area (Å²) in [5.41, 5.74) is 0. The first-order valence-electron chi connectivity index (χ1n) is 30.0. The number of allylic oxidation sites excluding steroid dienone is 15. The molecule has 0 bridgehead atoms. The van der Waals surface area contributed by atoms with Crippen LogP contribution in [0.5, 0.6) is 0 Å². The fraction of sp³-hybridized carbons (Fsp3) is 0.719. The molecule has 0 rings (SSSR count). The van der Waals surface area contributed by atoms with Gasteiger partial charge in [-0.3, -0.25) is 14.2 Å². The summed E-state index contributed by atoms with van der Waals surface area (Å²) in [6, 6.07) is -0.907. The Bertz CT molecular complexity index is 1590. The summed E-state index contributed by atoms with van der Waals surface area (Å²) in [7, 11) is 1.15. The number of carbonyl (C=O) groups is 2. The molecule has 1 N–H and O–H groups in total. The number of quaternary nitrogens is 1. The van der Waals surface area contributed by atoms with E-state index >= 15 is 0 Å². The molecule has 0 fully saturated rings. The Labute approximate surface area is 456 Å². The Morgan fingerprint density at radius 2 is 0.865 bits per heavy atom. The van der Waals surface area contributed by atoms with E-state index in [9.17, 15) is 19.0 Å². The molecule has 10 heteroatoms. The molecule has 0 spiro atoms. The predicted octanol–water partition coefficient (Wildman–Crippen LogP) is 17.8. The largest absolute Gasteiger partial charge is 0.756 e. The molecule has 0 aromatic carbocycles. The number of phosphoric ester groups is 1. The molecule has 1 amide bonds. The number of hydrogen-bond donors (Lipinski definition) is 1. The Balaban J connectivity index is 5.35. The van der Waals surface area contributed by atoms with Gasteiger partial charge in [-0.05, 0) is 102 Å². The normalized spacial score (nSPS) is 14.4. The van der Waals surface area contributed by atoms with Crippen molar-refractivity contribution in [1.82, 2.24) is 5.32 Å². The van der Waals surface area contributed by atoms with E-state index in [1.54, 1.807) is 0 Å². The molecule has 9 nitrogen and oxygen atoms in total. The van der Waals surface area contributed by atoms with Gasteiger partial charge in [0, 0.05) is 12.8 Å². The van der Waals surface area contributed by atoms with Gasteiger partial charge in [0.05, 0.1) is 33.8 Å². The number of unbranched alkanes of at least 4 members (excludes halogenated alkanes) is 23. The van der Waals surface area contributed by atoms with Gasteiger partial charge in [0.15, 0.2) is 0 Å². The molecule has 0 heterocycles. The molecule has 0 aliphatic heterocycles. The number of rotatable bonds is 53. The highest BCUT2D eigenvalue weighted by Crippen LogP contribution is 2.38. The van der Waals surface area contributed by atoms with E-state index < -0.39 is 26.6 Å². The summed E-state index contributed by atoms with van der Waals surface area (Å²) >= 11 is 0. The third-order valence-electron chi connectivity index (χ3n) is 12.8. The van der Waals surface area contributed by atoms with E-state index in [0.29, 0.717) is 23.9 Å². The minimum Gasteiger partial charge on any atom is -0.756 e. The van der Waals surface area contributed by atoms with E-state index in [1.165, 1.54) is 77.0 Å². The van der Waals surface area contributed by atoms with Crippen molar-refractivity contribution in [2.24, 2.45) is 0 Å². The second-order valence-electron chi connectivity index (χ2n) is 21.1. The van der Waals surface area contributed by atoms with Crippen LogP contribution in [-0.2, 0) is 27.9 Å². The maximum atomic E-state index is 13.5. The van der Waals surface area contributed by atoms with Gasteiger partial charge >= 0.3 is 5.97 Å². The predicted molar refractivity (Wildman–Crippen MR) is 316 cm³/mol. The molecule has 0 radical (unpaired) electrons. The van der Waals surface area contributed by atoms with Crippen molar-refractivity contribution in [3.05, 3.63) is 97.2 Å². The summed E-state index contributed by atoms with van der Waals surface area (Å²) in [6.07, 6.45) is 70.8. The van der Waals surface area contributed by atoms with Gasteiger partial charge < -0.3 is 28.5 Å². The third kappa shape index (κ3) is 53.7. The zero-order chi connectivity index (χ0) is 54.3. The molecule has 0 saturated heterocycles. The number of phosphoric acid groups is 1. The van der Waals surface area contributed by atoms with Gasteiger partial charge in [0.1, 0.15) is 19.3 Å². The van der Waals surface area contributed by atoms with Crippen molar-refractivity contribution in [1.29, 1.82) is 0 Å². The van der Waals surface area contributed by atoms with Crippen molar-refractivity contribution >= 4 is 19.7 Å². The molecule has 0 saturated carbocycles. The van der Waals surface area contributed by atoms with Crippen molar-refractivity contribution in [2.45, 2.75) is 258 Å². The summed E-state index contributed by atoms with van der Waals surface area (Å²) < 4.78 is 30.3. The van der Waals surface area contributed by atoms with Crippen LogP contribution in [0.2, 0.25) is 0 Å². The van der Waals surface area contributed by atoms with Crippen LogP contribution in [0, 0.1) is 0 Å². The van der Waals surface area contributed by atoms with Gasteiger partial charge in [-0.15, -0.1) is 0 Å². The van der Waals surface area contributed by atoms with Crippen LogP contribution >= 0.6 is 7.82 Å². The minimum absolute atomic E-state index is 0.0323. The second-order valence-corrected chi connectivity index (χ2v) is 22.5. The van der Waals surface area contributed by atoms with Gasteiger partial charge in [0.2, 0.25) is 5.91 Å². The Morgan fingerprint density at radius 3 is 1.30 bits per heavy atom. The lowest BCUT2D eigenvalue weighted by molar-refractivity contribution is -0.870. The van der Waals surface area contributed by atoms with Crippen LogP contribution in [0.25, 0.3) is 0 Å². The first-order chi connectivity index (χ1) is 35.9. The maximum Gasteiger partial charge on any atom is 0.306 e. The van der Waals surface area contributed by atoms with E-state index in [0.717, 1.165) is 122 Å². The van der Waals surface area contributed by atoms with Crippen LogP contribution in [0.4, 0.5) is 0 Å². The SMILES string of the molecule is CC/C=C\C/C=C\C/C=C\C/C=C\C/C=C\CCCCCCCC(=O)NC(COP(=O)([O-])OCC[N+](C)(C)C)C(/C=C\CCCCCCCCCCCCC)OC(=O)CCCCCCCCC/C=C/C/C=C/CC. The average Bonchev–Trinajstić information content (AvgIpc) is 3.36. The number of nitrogens with zero attached hydrogens (tertiary/aromatic N) is 1. The van der Waals surface area contributed by atoms with Crippen LogP contribution < -0.4 is 10.2 Å². The van der Waals surface area contributed by atoms with E-state index in [4.69, 9.17) is 13.8 Å². The summed E-state index contributed by atoms with van der Waals surface area (Å²) in [5, 5.41) is 3.01. The van der Waals surface area contributed by atoms with E-state index in [-0.39, 0.29) is 31.3 Å². The lowest BCUT2D eigenvalue weighted by atomic mass is 10.0. The number of amides is 1.